The average Bonchev–Trinajstić information content (AvgIpc) is 2.76. The van der Waals surface area contributed by atoms with Gasteiger partial charge in [0, 0.05) is 6.54 Å². The number of nitrogens with zero attached hydrogens (tertiary/aromatic N) is 1. The van der Waals surface area contributed by atoms with Crippen molar-refractivity contribution in [2.45, 2.75) is 38.6 Å². The third-order valence-corrected chi connectivity index (χ3v) is 3.94. The summed E-state index contributed by atoms with van der Waals surface area (Å²) in [5.41, 5.74) is 1.15. The zero-order valence-corrected chi connectivity index (χ0v) is 13.6. The van der Waals surface area contributed by atoms with Gasteiger partial charge in [-0.05, 0) is 32.4 Å². The maximum atomic E-state index is 12.4. The van der Waals surface area contributed by atoms with Crippen LogP contribution in [-0.4, -0.2) is 52.6 Å². The largest absolute Gasteiger partial charge is 0.414 e. The number of alkyl halides is 3. The quantitative estimate of drug-likeness (QED) is 0.780. The number of fused-ring (bicyclic) bond motifs is 1. The Morgan fingerprint density at radius 3 is 2.44 bits per heavy atom. The summed E-state index contributed by atoms with van der Waals surface area (Å²) in [6.07, 6.45) is -8.04. The Morgan fingerprint density at radius 2 is 1.84 bits per heavy atom. The molecule has 0 bridgehead atoms. The molecular weight excluding hydrogens is 341 g/mol. The third kappa shape index (κ3) is 3.81. The third-order valence-electron chi connectivity index (χ3n) is 3.94. The molecule has 6 nitrogen and oxygen atoms in total. The lowest BCUT2D eigenvalue weighted by atomic mass is 10.1. The Balaban J connectivity index is 2.01. The van der Waals surface area contributed by atoms with Crippen LogP contribution >= 0.6 is 0 Å². The molecule has 1 aliphatic heterocycles. The molecule has 1 aromatic carbocycles. The van der Waals surface area contributed by atoms with E-state index in [1.807, 2.05) is 0 Å². The first kappa shape index (κ1) is 18.9. The van der Waals surface area contributed by atoms with Crippen LogP contribution in [0, 0.1) is 6.92 Å². The van der Waals surface area contributed by atoms with E-state index in [-0.39, 0.29) is 11.1 Å². The van der Waals surface area contributed by atoms with Gasteiger partial charge in [0.25, 0.3) is 11.8 Å². The summed E-state index contributed by atoms with van der Waals surface area (Å²) >= 11 is 0. The standard InChI is InChI=1S/C16H17F3N2O4/c1-8-3-4-10-11(7-8)15(25)21(14(10)24)9(2)13(23)20-6-5-12(22)16(17,18)19/h3-4,7,9,12,22H,5-6H2,1-2H3,(H,20,23). The van der Waals surface area contributed by atoms with Crippen LogP contribution in [0.25, 0.3) is 0 Å². The Bertz CT molecular complexity index is 718. The van der Waals surface area contributed by atoms with Crippen molar-refractivity contribution in [3.05, 3.63) is 34.9 Å². The van der Waals surface area contributed by atoms with E-state index in [1.165, 1.54) is 13.0 Å². The monoisotopic (exact) mass is 358 g/mol. The number of nitrogens with one attached hydrogen (secondary N) is 1. The van der Waals surface area contributed by atoms with E-state index in [2.05, 4.69) is 5.32 Å². The van der Waals surface area contributed by atoms with Crippen LogP contribution in [0.3, 0.4) is 0 Å². The molecule has 0 radical (unpaired) electrons. The number of aliphatic hydroxyl groups excluding tert-OH is 1. The zero-order valence-electron chi connectivity index (χ0n) is 13.6. The number of halogens is 3. The number of aryl methyl sites for hydroxylation is 1. The molecule has 2 rings (SSSR count). The Labute approximate surface area is 141 Å². The topological polar surface area (TPSA) is 86.7 Å². The summed E-state index contributed by atoms with van der Waals surface area (Å²) < 4.78 is 36.6. The first-order chi connectivity index (χ1) is 11.5. The minimum atomic E-state index is -4.77. The van der Waals surface area contributed by atoms with Crippen molar-refractivity contribution in [1.82, 2.24) is 10.2 Å². The molecule has 136 valence electrons. The van der Waals surface area contributed by atoms with E-state index >= 15 is 0 Å². The number of carbonyl (C=O) groups is 3. The molecule has 0 fully saturated rings. The highest BCUT2D eigenvalue weighted by Crippen LogP contribution is 2.26. The number of imide groups is 1. The highest BCUT2D eigenvalue weighted by atomic mass is 19.4. The minimum Gasteiger partial charge on any atom is -0.384 e. The molecular formula is C16H17F3N2O4. The highest BCUT2D eigenvalue weighted by Gasteiger charge is 2.41. The number of amides is 3. The predicted molar refractivity (Wildman–Crippen MR) is 80.8 cm³/mol. The van der Waals surface area contributed by atoms with Crippen LogP contribution in [0.4, 0.5) is 13.2 Å². The molecule has 25 heavy (non-hydrogen) atoms. The summed E-state index contributed by atoms with van der Waals surface area (Å²) in [6.45, 7) is 2.62. The molecule has 1 aromatic rings. The molecule has 0 saturated heterocycles. The van der Waals surface area contributed by atoms with Gasteiger partial charge in [0.2, 0.25) is 5.91 Å². The fourth-order valence-electron chi connectivity index (χ4n) is 2.49. The van der Waals surface area contributed by atoms with Crippen molar-refractivity contribution < 1.29 is 32.7 Å². The second-order valence-electron chi connectivity index (χ2n) is 5.84. The van der Waals surface area contributed by atoms with Crippen molar-refractivity contribution >= 4 is 17.7 Å². The summed E-state index contributed by atoms with van der Waals surface area (Å²) in [4.78, 5) is 37.5. The van der Waals surface area contributed by atoms with Gasteiger partial charge < -0.3 is 10.4 Å². The fraction of sp³-hybridized carbons (Fsp3) is 0.438. The molecule has 2 atom stereocenters. The number of hydrogen-bond donors (Lipinski definition) is 2. The van der Waals surface area contributed by atoms with Gasteiger partial charge in [0.1, 0.15) is 6.04 Å². The van der Waals surface area contributed by atoms with Gasteiger partial charge in [0.05, 0.1) is 11.1 Å². The van der Waals surface area contributed by atoms with E-state index in [0.717, 1.165) is 10.5 Å². The van der Waals surface area contributed by atoms with Crippen molar-refractivity contribution in [2.24, 2.45) is 0 Å². The first-order valence-electron chi connectivity index (χ1n) is 7.55. The summed E-state index contributed by atoms with van der Waals surface area (Å²) in [5, 5.41) is 11.1. The summed E-state index contributed by atoms with van der Waals surface area (Å²) in [7, 11) is 0. The molecule has 2 unspecified atom stereocenters. The van der Waals surface area contributed by atoms with E-state index in [9.17, 15) is 27.6 Å². The molecule has 0 saturated carbocycles. The van der Waals surface area contributed by atoms with Crippen LogP contribution in [0.2, 0.25) is 0 Å². The Morgan fingerprint density at radius 1 is 1.24 bits per heavy atom. The lowest BCUT2D eigenvalue weighted by Crippen LogP contribution is -2.48. The summed E-state index contributed by atoms with van der Waals surface area (Å²) in [6, 6.07) is 3.52. The Hall–Kier alpha value is -2.42. The number of carbonyl (C=O) groups excluding carboxylic acids is 3. The number of rotatable bonds is 5. The van der Waals surface area contributed by atoms with Crippen molar-refractivity contribution in [3.8, 4) is 0 Å². The smallest absolute Gasteiger partial charge is 0.384 e. The predicted octanol–water partition coefficient (Wildman–Crippen LogP) is 1.41. The molecule has 0 aromatic heterocycles. The van der Waals surface area contributed by atoms with E-state index in [0.29, 0.717) is 0 Å². The average molecular weight is 358 g/mol. The van der Waals surface area contributed by atoms with Crippen LogP contribution < -0.4 is 5.32 Å². The van der Waals surface area contributed by atoms with Gasteiger partial charge in [-0.3, -0.25) is 19.3 Å². The Kier molecular flexibility index (Phi) is 5.17. The number of aliphatic hydroxyl groups is 1. The van der Waals surface area contributed by atoms with Crippen LogP contribution in [-0.2, 0) is 4.79 Å². The number of benzene rings is 1. The van der Waals surface area contributed by atoms with E-state index in [1.54, 1.807) is 19.1 Å². The maximum absolute atomic E-state index is 12.4. The normalized spacial score (nSPS) is 16.6. The maximum Gasteiger partial charge on any atom is 0.414 e. The minimum absolute atomic E-state index is 0.183. The van der Waals surface area contributed by atoms with Crippen molar-refractivity contribution in [2.75, 3.05) is 6.54 Å². The fourth-order valence-corrected chi connectivity index (χ4v) is 2.49. The first-order valence-corrected chi connectivity index (χ1v) is 7.55. The van der Waals surface area contributed by atoms with Gasteiger partial charge in [-0.25, -0.2) is 0 Å². The van der Waals surface area contributed by atoms with Gasteiger partial charge >= 0.3 is 6.18 Å². The van der Waals surface area contributed by atoms with Crippen LogP contribution in [0.5, 0.6) is 0 Å². The lowest BCUT2D eigenvalue weighted by Gasteiger charge is -2.22. The van der Waals surface area contributed by atoms with Gasteiger partial charge in [-0.15, -0.1) is 0 Å². The second-order valence-corrected chi connectivity index (χ2v) is 5.84. The molecule has 0 spiro atoms. The number of hydrogen-bond acceptors (Lipinski definition) is 4. The molecule has 0 aliphatic carbocycles. The van der Waals surface area contributed by atoms with Gasteiger partial charge in [-0.2, -0.15) is 13.2 Å². The van der Waals surface area contributed by atoms with E-state index < -0.39 is 49.0 Å². The molecule has 9 heteroatoms. The zero-order chi connectivity index (χ0) is 18.9. The van der Waals surface area contributed by atoms with Crippen molar-refractivity contribution in [1.29, 1.82) is 0 Å². The van der Waals surface area contributed by atoms with Crippen molar-refractivity contribution in [3.63, 3.8) is 0 Å². The lowest BCUT2D eigenvalue weighted by molar-refractivity contribution is -0.205. The molecule has 2 N–H and O–H groups in total. The summed E-state index contributed by atoms with van der Waals surface area (Å²) in [5.74, 6) is -2.03. The van der Waals surface area contributed by atoms with E-state index in [4.69, 9.17) is 5.11 Å². The highest BCUT2D eigenvalue weighted by molar-refractivity contribution is 6.22. The molecule has 3 amide bonds. The molecule has 1 heterocycles. The van der Waals surface area contributed by atoms with Gasteiger partial charge in [-0.1, -0.05) is 11.6 Å². The van der Waals surface area contributed by atoms with Gasteiger partial charge in [0.15, 0.2) is 6.10 Å². The SMILES string of the molecule is Cc1ccc2c(c1)C(=O)N(C(C)C(=O)NCCC(O)C(F)(F)F)C2=O. The molecule has 1 aliphatic rings. The van der Waals surface area contributed by atoms with Crippen LogP contribution in [0.1, 0.15) is 39.6 Å². The second kappa shape index (κ2) is 6.83. The van der Waals surface area contributed by atoms with Crippen LogP contribution in [0.15, 0.2) is 18.2 Å².